The summed E-state index contributed by atoms with van der Waals surface area (Å²) in [6.07, 6.45) is 7.64. The highest BCUT2D eigenvalue weighted by Crippen LogP contribution is 2.29. The summed E-state index contributed by atoms with van der Waals surface area (Å²) in [5, 5.41) is 7.78. The number of anilines is 1. The van der Waals surface area contributed by atoms with E-state index in [0.717, 1.165) is 24.6 Å². The van der Waals surface area contributed by atoms with E-state index in [0.29, 0.717) is 17.1 Å². The van der Waals surface area contributed by atoms with Crippen LogP contribution in [0.1, 0.15) is 39.0 Å². The van der Waals surface area contributed by atoms with Gasteiger partial charge in [0.25, 0.3) is 5.56 Å². The summed E-state index contributed by atoms with van der Waals surface area (Å²) in [5.74, 6) is 0. The van der Waals surface area contributed by atoms with Crippen LogP contribution in [0.5, 0.6) is 0 Å². The van der Waals surface area contributed by atoms with Crippen molar-refractivity contribution >= 4 is 21.6 Å². The van der Waals surface area contributed by atoms with Crippen molar-refractivity contribution in [3.63, 3.8) is 0 Å². The van der Waals surface area contributed by atoms with Gasteiger partial charge in [-0.15, -0.1) is 0 Å². The molecule has 0 spiro atoms. The average molecular weight is 355 g/mol. The molecule has 3 rings (SSSR count). The second-order valence-electron chi connectivity index (χ2n) is 6.10. The van der Waals surface area contributed by atoms with Gasteiger partial charge in [0.15, 0.2) is 0 Å². The lowest BCUT2D eigenvalue weighted by molar-refractivity contribution is 0.188. The van der Waals surface area contributed by atoms with Crippen molar-refractivity contribution in [2.45, 2.75) is 57.7 Å². The summed E-state index contributed by atoms with van der Waals surface area (Å²) < 4.78 is 2.13. The van der Waals surface area contributed by atoms with Crippen LogP contribution in [0, 0.1) is 0 Å². The van der Waals surface area contributed by atoms with Gasteiger partial charge in [0, 0.05) is 25.2 Å². The largest absolute Gasteiger partial charge is 0.380 e. The van der Waals surface area contributed by atoms with E-state index in [1.54, 1.807) is 6.20 Å². The minimum Gasteiger partial charge on any atom is -0.380 e. The molecule has 3 heterocycles. The quantitative estimate of drug-likeness (QED) is 0.902. The SMILES string of the molecule is CCCn1ncc(NC2CCN3CCCC3C2)c(Br)c1=O. The van der Waals surface area contributed by atoms with E-state index in [1.807, 2.05) is 6.92 Å². The maximum Gasteiger partial charge on any atom is 0.283 e. The number of nitrogens with zero attached hydrogens (tertiary/aromatic N) is 3. The molecule has 0 bridgehead atoms. The Morgan fingerprint density at radius 1 is 1.43 bits per heavy atom. The summed E-state index contributed by atoms with van der Waals surface area (Å²) in [4.78, 5) is 14.8. The minimum atomic E-state index is -0.0415. The van der Waals surface area contributed by atoms with Crippen LogP contribution >= 0.6 is 15.9 Å². The molecule has 2 aliphatic rings. The Balaban J connectivity index is 1.70. The Morgan fingerprint density at radius 3 is 3.10 bits per heavy atom. The summed E-state index contributed by atoms with van der Waals surface area (Å²) >= 11 is 3.44. The van der Waals surface area contributed by atoms with Crippen LogP contribution in [0.15, 0.2) is 15.5 Å². The van der Waals surface area contributed by atoms with Crippen LogP contribution in [0.4, 0.5) is 5.69 Å². The van der Waals surface area contributed by atoms with Crippen molar-refractivity contribution in [2.24, 2.45) is 0 Å². The normalized spacial score (nSPS) is 25.8. The van der Waals surface area contributed by atoms with Gasteiger partial charge in [-0.3, -0.25) is 4.79 Å². The lowest BCUT2D eigenvalue weighted by Crippen LogP contribution is -2.43. The molecule has 6 heteroatoms. The van der Waals surface area contributed by atoms with Crippen molar-refractivity contribution in [1.29, 1.82) is 0 Å². The Labute approximate surface area is 133 Å². The van der Waals surface area contributed by atoms with Gasteiger partial charge in [0.2, 0.25) is 0 Å². The molecule has 0 amide bonds. The highest BCUT2D eigenvalue weighted by molar-refractivity contribution is 9.10. The molecular formula is C15H23BrN4O. The Hall–Kier alpha value is -0.880. The van der Waals surface area contributed by atoms with Crippen molar-refractivity contribution in [3.8, 4) is 0 Å². The maximum absolute atomic E-state index is 12.2. The number of aryl methyl sites for hydroxylation is 1. The molecule has 0 radical (unpaired) electrons. The van der Waals surface area contributed by atoms with Crippen LogP contribution in [-0.2, 0) is 6.54 Å². The van der Waals surface area contributed by atoms with Crippen molar-refractivity contribution < 1.29 is 0 Å². The third-order valence-corrected chi connectivity index (χ3v) is 5.37. The van der Waals surface area contributed by atoms with Crippen LogP contribution in [0.3, 0.4) is 0 Å². The van der Waals surface area contributed by atoms with Gasteiger partial charge in [0.05, 0.1) is 11.9 Å². The predicted molar refractivity (Wildman–Crippen MR) is 87.7 cm³/mol. The molecule has 2 unspecified atom stereocenters. The van der Waals surface area contributed by atoms with Crippen LogP contribution < -0.4 is 10.9 Å². The summed E-state index contributed by atoms with van der Waals surface area (Å²) in [5.41, 5.74) is 0.795. The lowest BCUT2D eigenvalue weighted by atomic mass is 9.97. The van der Waals surface area contributed by atoms with Gasteiger partial charge >= 0.3 is 0 Å². The Bertz CT molecular complexity index is 559. The standard InChI is InChI=1S/C15H23BrN4O/c1-2-6-20-15(21)14(16)13(10-17-20)18-11-5-8-19-7-3-4-12(19)9-11/h10-12,18H,2-9H2,1H3. The second-order valence-corrected chi connectivity index (χ2v) is 6.89. The van der Waals surface area contributed by atoms with Gasteiger partial charge in [-0.2, -0.15) is 5.10 Å². The van der Waals surface area contributed by atoms with E-state index >= 15 is 0 Å². The van der Waals surface area contributed by atoms with Crippen LogP contribution in [0.25, 0.3) is 0 Å². The van der Waals surface area contributed by atoms with Gasteiger partial charge in [-0.05, 0) is 54.6 Å². The van der Waals surface area contributed by atoms with E-state index in [1.165, 1.54) is 37.0 Å². The number of rotatable bonds is 4. The van der Waals surface area contributed by atoms with Crippen LogP contribution in [0.2, 0.25) is 0 Å². The zero-order valence-corrected chi connectivity index (χ0v) is 14.1. The molecule has 1 N–H and O–H groups in total. The summed E-state index contributed by atoms with van der Waals surface area (Å²) in [6, 6.07) is 1.17. The molecule has 5 nitrogen and oxygen atoms in total. The molecule has 2 saturated heterocycles. The predicted octanol–water partition coefficient (Wildman–Crippen LogP) is 2.45. The highest BCUT2D eigenvalue weighted by atomic mass is 79.9. The number of hydrogen-bond acceptors (Lipinski definition) is 4. The van der Waals surface area contributed by atoms with Crippen molar-refractivity contribution in [2.75, 3.05) is 18.4 Å². The van der Waals surface area contributed by atoms with E-state index in [4.69, 9.17) is 0 Å². The molecule has 0 aromatic carbocycles. The zero-order chi connectivity index (χ0) is 14.8. The minimum absolute atomic E-state index is 0.0415. The molecule has 1 aromatic rings. The molecular weight excluding hydrogens is 332 g/mol. The molecule has 116 valence electrons. The fourth-order valence-electron chi connectivity index (χ4n) is 3.51. The summed E-state index contributed by atoms with van der Waals surface area (Å²) in [7, 11) is 0. The lowest BCUT2D eigenvalue weighted by Gasteiger charge is -2.35. The maximum atomic E-state index is 12.2. The van der Waals surface area contributed by atoms with Gasteiger partial charge in [-0.1, -0.05) is 6.92 Å². The first kappa shape index (κ1) is 15.0. The van der Waals surface area contributed by atoms with E-state index in [2.05, 4.69) is 31.2 Å². The zero-order valence-electron chi connectivity index (χ0n) is 12.5. The van der Waals surface area contributed by atoms with Crippen LogP contribution in [-0.4, -0.2) is 39.9 Å². The molecule has 2 fully saturated rings. The monoisotopic (exact) mass is 354 g/mol. The number of aromatic nitrogens is 2. The van der Waals surface area contributed by atoms with Gasteiger partial charge in [-0.25, -0.2) is 4.68 Å². The third kappa shape index (κ3) is 3.16. The smallest absolute Gasteiger partial charge is 0.283 e. The van der Waals surface area contributed by atoms with Crippen molar-refractivity contribution in [3.05, 3.63) is 21.0 Å². The average Bonchev–Trinajstić information content (AvgIpc) is 2.94. The molecule has 0 aliphatic carbocycles. The van der Waals surface area contributed by atoms with Gasteiger partial charge < -0.3 is 10.2 Å². The number of hydrogen-bond donors (Lipinski definition) is 1. The third-order valence-electron chi connectivity index (χ3n) is 4.60. The van der Waals surface area contributed by atoms with Crippen molar-refractivity contribution in [1.82, 2.24) is 14.7 Å². The number of piperidine rings is 1. The fourth-order valence-corrected chi connectivity index (χ4v) is 3.93. The summed E-state index contributed by atoms with van der Waals surface area (Å²) in [6.45, 7) is 5.14. The molecule has 0 saturated carbocycles. The van der Waals surface area contributed by atoms with E-state index in [-0.39, 0.29) is 5.56 Å². The first-order valence-corrected chi connectivity index (χ1v) is 8.74. The molecule has 1 aromatic heterocycles. The highest BCUT2D eigenvalue weighted by Gasteiger charge is 2.31. The Kier molecular flexibility index (Phi) is 4.64. The van der Waals surface area contributed by atoms with E-state index in [9.17, 15) is 4.79 Å². The first-order chi connectivity index (χ1) is 10.2. The van der Waals surface area contributed by atoms with Gasteiger partial charge in [0.1, 0.15) is 4.47 Å². The number of halogens is 1. The fraction of sp³-hybridized carbons (Fsp3) is 0.733. The first-order valence-electron chi connectivity index (χ1n) is 7.95. The second kappa shape index (κ2) is 6.48. The Morgan fingerprint density at radius 2 is 2.29 bits per heavy atom. The van der Waals surface area contributed by atoms with E-state index < -0.39 is 0 Å². The molecule has 21 heavy (non-hydrogen) atoms. The number of fused-ring (bicyclic) bond motifs is 1. The molecule has 2 atom stereocenters. The molecule has 2 aliphatic heterocycles. The topological polar surface area (TPSA) is 50.2 Å². The number of nitrogens with one attached hydrogen (secondary N) is 1.